The van der Waals surface area contributed by atoms with Gasteiger partial charge in [0.15, 0.2) is 0 Å². The maximum Gasteiger partial charge on any atom is 0.305 e. The van der Waals surface area contributed by atoms with Crippen molar-refractivity contribution in [2.75, 3.05) is 12.3 Å². The molecule has 0 spiro atoms. The van der Waals surface area contributed by atoms with Gasteiger partial charge >= 0.3 is 5.97 Å². The van der Waals surface area contributed by atoms with Gasteiger partial charge in [0.2, 0.25) is 5.95 Å². The quantitative estimate of drug-likeness (QED) is 0.357. The van der Waals surface area contributed by atoms with Crippen LogP contribution in [0.3, 0.4) is 0 Å². The Morgan fingerprint density at radius 2 is 1.94 bits per heavy atom. The van der Waals surface area contributed by atoms with E-state index in [9.17, 15) is 14.4 Å². The monoisotopic (exact) mass is 439 g/mol. The van der Waals surface area contributed by atoms with Crippen molar-refractivity contribution in [3.05, 3.63) is 57.5 Å². The number of rotatable bonds is 10. The lowest BCUT2D eigenvalue weighted by atomic mass is 10.0. The number of aromatic amines is 2. The first-order chi connectivity index (χ1) is 15.4. The van der Waals surface area contributed by atoms with E-state index in [4.69, 9.17) is 10.5 Å². The Labute approximate surface area is 185 Å². The van der Waals surface area contributed by atoms with Crippen molar-refractivity contribution >= 4 is 28.9 Å². The number of ether oxygens (including phenoxy) is 1. The molecule has 9 heteroatoms. The molecule has 170 valence electrons. The van der Waals surface area contributed by atoms with E-state index in [0.29, 0.717) is 42.5 Å². The molecule has 1 amide bonds. The second kappa shape index (κ2) is 10.6. The van der Waals surface area contributed by atoms with Crippen LogP contribution < -0.4 is 16.6 Å². The number of carbonyl (C=O) groups excluding carboxylic acids is 2. The average molecular weight is 440 g/mol. The number of hydrogen-bond acceptors (Lipinski definition) is 6. The van der Waals surface area contributed by atoms with Crippen molar-refractivity contribution in [2.45, 2.75) is 52.0 Å². The summed E-state index contributed by atoms with van der Waals surface area (Å²) in [6.45, 7) is 4.10. The molecule has 0 aliphatic heterocycles. The predicted octanol–water partition coefficient (Wildman–Crippen LogP) is 2.47. The van der Waals surface area contributed by atoms with Crippen molar-refractivity contribution in [3.63, 3.8) is 0 Å². The first-order valence-electron chi connectivity index (χ1n) is 10.8. The highest BCUT2D eigenvalue weighted by atomic mass is 16.5. The summed E-state index contributed by atoms with van der Waals surface area (Å²) in [6, 6.07) is 7.29. The number of nitrogen functional groups attached to an aromatic ring is 1. The number of fused-ring (bicyclic) bond motifs is 1. The molecule has 32 heavy (non-hydrogen) atoms. The smallest absolute Gasteiger partial charge is 0.305 e. The van der Waals surface area contributed by atoms with Gasteiger partial charge in [-0.25, -0.2) is 0 Å². The van der Waals surface area contributed by atoms with Crippen LogP contribution in [0.15, 0.2) is 35.3 Å². The maximum absolute atomic E-state index is 12.6. The van der Waals surface area contributed by atoms with Crippen LogP contribution in [0.2, 0.25) is 0 Å². The molecule has 0 unspecified atom stereocenters. The summed E-state index contributed by atoms with van der Waals surface area (Å²) in [5, 5.41) is 3.50. The number of amides is 1. The third kappa shape index (κ3) is 5.75. The number of benzene rings is 1. The van der Waals surface area contributed by atoms with Crippen LogP contribution in [0, 0.1) is 0 Å². The number of aromatic nitrogens is 3. The van der Waals surface area contributed by atoms with Crippen LogP contribution >= 0.6 is 0 Å². The van der Waals surface area contributed by atoms with Crippen molar-refractivity contribution in [2.24, 2.45) is 0 Å². The molecule has 0 radical (unpaired) electrons. The number of nitrogens with one attached hydrogen (secondary N) is 3. The van der Waals surface area contributed by atoms with E-state index in [1.165, 1.54) is 0 Å². The minimum atomic E-state index is -0.260. The van der Waals surface area contributed by atoms with E-state index in [-0.39, 0.29) is 35.8 Å². The minimum Gasteiger partial charge on any atom is -0.466 e. The van der Waals surface area contributed by atoms with Gasteiger partial charge in [0, 0.05) is 24.2 Å². The highest BCUT2D eigenvalue weighted by molar-refractivity contribution is 5.94. The highest BCUT2D eigenvalue weighted by Crippen LogP contribution is 2.16. The first kappa shape index (κ1) is 23.1. The Hall–Kier alpha value is -3.62. The Morgan fingerprint density at radius 3 is 2.62 bits per heavy atom. The molecule has 0 aliphatic carbocycles. The number of carbonyl (C=O) groups is 2. The number of nitrogens with two attached hydrogens (primary N) is 1. The van der Waals surface area contributed by atoms with E-state index in [1.54, 1.807) is 25.3 Å². The standard InChI is InChI=1S/C23H29N5O4/c1-3-17(11-12-18(29)32-4-2)26-21(30)15-8-5-14(6-9-15)7-10-16-13-25-20-19(16)22(31)28-23(24)27-20/h5-6,8-9,13,17H,3-4,7,10-12H2,1-2H3,(H,26,30)(H4,24,25,27,28,31)/t17-/m1/s1. The first-order valence-corrected chi connectivity index (χ1v) is 10.8. The Morgan fingerprint density at radius 1 is 1.19 bits per heavy atom. The summed E-state index contributed by atoms with van der Waals surface area (Å²) >= 11 is 0. The summed E-state index contributed by atoms with van der Waals surface area (Å²) in [7, 11) is 0. The third-order valence-corrected chi connectivity index (χ3v) is 5.37. The van der Waals surface area contributed by atoms with Crippen LogP contribution in [-0.4, -0.2) is 39.5 Å². The van der Waals surface area contributed by atoms with Gasteiger partial charge in [-0.1, -0.05) is 19.1 Å². The lowest BCUT2D eigenvalue weighted by molar-refractivity contribution is -0.143. The van der Waals surface area contributed by atoms with Gasteiger partial charge in [-0.2, -0.15) is 4.98 Å². The zero-order valence-electron chi connectivity index (χ0n) is 18.4. The molecule has 9 nitrogen and oxygen atoms in total. The number of nitrogens with zero attached hydrogens (tertiary/aromatic N) is 1. The SMILES string of the molecule is CCOC(=O)CC[C@@H](CC)NC(=O)c1ccc(CCc2c[nH]c3nc(N)[nH]c(=O)c23)cc1. The number of hydrogen-bond donors (Lipinski definition) is 4. The fraction of sp³-hybridized carbons (Fsp3) is 0.391. The molecule has 0 saturated heterocycles. The summed E-state index contributed by atoms with van der Waals surface area (Å²) in [6.07, 6.45) is 4.68. The molecule has 0 saturated carbocycles. The minimum absolute atomic E-state index is 0.0796. The molecular weight excluding hydrogens is 410 g/mol. The van der Waals surface area contributed by atoms with Gasteiger partial charge in [0.25, 0.3) is 11.5 Å². The molecule has 1 aromatic carbocycles. The molecule has 1 atom stereocenters. The Kier molecular flexibility index (Phi) is 7.64. The molecule has 3 aromatic rings. The fourth-order valence-corrected chi connectivity index (χ4v) is 3.59. The van der Waals surface area contributed by atoms with E-state index in [0.717, 1.165) is 17.5 Å². The van der Waals surface area contributed by atoms with Crippen LogP contribution in [0.25, 0.3) is 11.0 Å². The van der Waals surface area contributed by atoms with Crippen molar-refractivity contribution in [1.29, 1.82) is 0 Å². The van der Waals surface area contributed by atoms with Gasteiger partial charge in [-0.05, 0) is 55.9 Å². The second-order valence-electron chi connectivity index (χ2n) is 7.61. The molecule has 5 N–H and O–H groups in total. The lowest BCUT2D eigenvalue weighted by Gasteiger charge is -2.16. The van der Waals surface area contributed by atoms with Crippen LogP contribution in [0.1, 0.15) is 54.6 Å². The summed E-state index contributed by atoms with van der Waals surface area (Å²) in [5.74, 6) is -0.337. The van der Waals surface area contributed by atoms with Crippen molar-refractivity contribution in [1.82, 2.24) is 20.3 Å². The van der Waals surface area contributed by atoms with Gasteiger partial charge in [-0.15, -0.1) is 0 Å². The van der Waals surface area contributed by atoms with Crippen LogP contribution in [0.5, 0.6) is 0 Å². The van der Waals surface area contributed by atoms with Gasteiger partial charge in [0.1, 0.15) is 5.65 Å². The van der Waals surface area contributed by atoms with E-state index in [2.05, 4.69) is 20.3 Å². The Balaban J connectivity index is 1.57. The molecule has 0 aliphatic rings. The molecule has 0 fully saturated rings. The highest BCUT2D eigenvalue weighted by Gasteiger charge is 2.15. The largest absolute Gasteiger partial charge is 0.466 e. The van der Waals surface area contributed by atoms with Crippen LogP contribution in [0.4, 0.5) is 5.95 Å². The summed E-state index contributed by atoms with van der Waals surface area (Å²) < 4.78 is 4.94. The summed E-state index contributed by atoms with van der Waals surface area (Å²) in [5.41, 5.74) is 8.26. The van der Waals surface area contributed by atoms with E-state index < -0.39 is 0 Å². The molecule has 2 aromatic heterocycles. The lowest BCUT2D eigenvalue weighted by Crippen LogP contribution is -2.34. The number of esters is 1. The van der Waals surface area contributed by atoms with Gasteiger partial charge in [-0.3, -0.25) is 19.4 Å². The molecule has 2 heterocycles. The molecular formula is C23H29N5O4. The second-order valence-corrected chi connectivity index (χ2v) is 7.61. The number of H-pyrrole nitrogens is 2. The number of aryl methyl sites for hydroxylation is 2. The summed E-state index contributed by atoms with van der Waals surface area (Å²) in [4.78, 5) is 45.9. The van der Waals surface area contributed by atoms with E-state index in [1.807, 2.05) is 19.1 Å². The zero-order chi connectivity index (χ0) is 23.1. The van der Waals surface area contributed by atoms with Gasteiger partial charge < -0.3 is 20.8 Å². The zero-order valence-corrected chi connectivity index (χ0v) is 18.4. The topological polar surface area (TPSA) is 143 Å². The predicted molar refractivity (Wildman–Crippen MR) is 122 cm³/mol. The van der Waals surface area contributed by atoms with Crippen molar-refractivity contribution in [3.8, 4) is 0 Å². The third-order valence-electron chi connectivity index (χ3n) is 5.37. The fourth-order valence-electron chi connectivity index (χ4n) is 3.59. The average Bonchev–Trinajstić information content (AvgIpc) is 3.18. The van der Waals surface area contributed by atoms with E-state index >= 15 is 0 Å². The normalized spacial score (nSPS) is 11.9. The maximum atomic E-state index is 12.6. The van der Waals surface area contributed by atoms with Crippen LogP contribution in [-0.2, 0) is 22.4 Å². The van der Waals surface area contributed by atoms with Gasteiger partial charge in [0.05, 0.1) is 12.0 Å². The number of anilines is 1. The van der Waals surface area contributed by atoms with Crippen molar-refractivity contribution < 1.29 is 14.3 Å². The molecule has 3 rings (SSSR count). The molecule has 0 bridgehead atoms. The Bertz CT molecular complexity index is 1130.